The number of halogens is 2. The zero-order valence-corrected chi connectivity index (χ0v) is 21.2. The van der Waals surface area contributed by atoms with E-state index in [1.54, 1.807) is 38.2 Å². The second kappa shape index (κ2) is 12.0. The smallest absolute Gasteiger partial charge is 0.407 e. The van der Waals surface area contributed by atoms with E-state index in [1.807, 2.05) is 24.3 Å². The van der Waals surface area contributed by atoms with Crippen LogP contribution in [-0.2, 0) is 18.0 Å². The van der Waals surface area contributed by atoms with Crippen LogP contribution >= 0.6 is 0 Å². The monoisotopic (exact) mass is 533 g/mol. The van der Waals surface area contributed by atoms with Crippen LogP contribution in [0.5, 0.6) is 5.75 Å². The van der Waals surface area contributed by atoms with Gasteiger partial charge in [-0.1, -0.05) is 36.4 Å². The van der Waals surface area contributed by atoms with Crippen molar-refractivity contribution in [1.82, 2.24) is 20.0 Å². The van der Waals surface area contributed by atoms with E-state index in [4.69, 9.17) is 9.47 Å². The SMILES string of the molecule is Cc1cc(OCc2c(F)cccc2F)c2nc(C)c(C(=O)NC(C#N)CNC(=O)OCc3ccccc3)n2c1. The number of fused-ring (bicyclic) bond motifs is 1. The summed E-state index contributed by atoms with van der Waals surface area (Å²) in [5, 5.41) is 14.6. The fraction of sp³-hybridized carbons (Fsp3) is 0.214. The van der Waals surface area contributed by atoms with E-state index in [-0.39, 0.29) is 42.4 Å². The Morgan fingerprint density at radius 3 is 2.49 bits per heavy atom. The molecule has 0 aliphatic carbocycles. The first-order chi connectivity index (χ1) is 18.8. The van der Waals surface area contributed by atoms with Gasteiger partial charge in [-0.3, -0.25) is 9.20 Å². The molecule has 39 heavy (non-hydrogen) atoms. The van der Waals surface area contributed by atoms with E-state index in [0.29, 0.717) is 11.3 Å². The van der Waals surface area contributed by atoms with Gasteiger partial charge in [-0.25, -0.2) is 18.6 Å². The molecule has 0 aliphatic heterocycles. The van der Waals surface area contributed by atoms with Gasteiger partial charge in [0.25, 0.3) is 5.91 Å². The minimum atomic E-state index is -1.06. The number of rotatable bonds is 9. The van der Waals surface area contributed by atoms with Crippen molar-refractivity contribution < 1.29 is 27.8 Å². The molecule has 9 nitrogen and oxygen atoms in total. The molecule has 0 radical (unpaired) electrons. The van der Waals surface area contributed by atoms with E-state index in [2.05, 4.69) is 15.6 Å². The van der Waals surface area contributed by atoms with Gasteiger partial charge in [-0.15, -0.1) is 0 Å². The maximum atomic E-state index is 14.1. The number of benzene rings is 2. The Morgan fingerprint density at radius 2 is 1.79 bits per heavy atom. The van der Waals surface area contributed by atoms with Crippen LogP contribution < -0.4 is 15.4 Å². The molecule has 0 bridgehead atoms. The molecule has 2 aromatic heterocycles. The Morgan fingerprint density at radius 1 is 1.08 bits per heavy atom. The predicted molar refractivity (Wildman–Crippen MR) is 137 cm³/mol. The Labute approximate surface area is 223 Å². The summed E-state index contributed by atoms with van der Waals surface area (Å²) in [6.07, 6.45) is 0.921. The molecule has 0 saturated carbocycles. The van der Waals surface area contributed by atoms with Crippen LogP contribution in [0, 0.1) is 36.8 Å². The van der Waals surface area contributed by atoms with Gasteiger partial charge < -0.3 is 20.1 Å². The minimum Gasteiger partial charge on any atom is -0.485 e. The predicted octanol–water partition coefficient (Wildman–Crippen LogP) is 4.36. The van der Waals surface area contributed by atoms with Crippen molar-refractivity contribution in [3.63, 3.8) is 0 Å². The fourth-order valence-electron chi connectivity index (χ4n) is 3.87. The second-order valence-electron chi connectivity index (χ2n) is 8.71. The normalized spacial score (nSPS) is 11.5. The largest absolute Gasteiger partial charge is 0.485 e. The van der Waals surface area contributed by atoms with Crippen molar-refractivity contribution in [2.45, 2.75) is 33.1 Å². The van der Waals surface area contributed by atoms with Gasteiger partial charge in [0.2, 0.25) is 0 Å². The molecule has 11 heteroatoms. The number of nitrogens with one attached hydrogen (secondary N) is 2. The quantitative estimate of drug-likeness (QED) is 0.330. The number of carbonyl (C=O) groups is 2. The summed E-state index contributed by atoms with van der Waals surface area (Å²) in [5.41, 5.74) is 2.01. The van der Waals surface area contributed by atoms with E-state index in [1.165, 1.54) is 10.5 Å². The fourth-order valence-corrected chi connectivity index (χ4v) is 3.87. The molecule has 200 valence electrons. The Kier molecular flexibility index (Phi) is 8.36. The van der Waals surface area contributed by atoms with Gasteiger partial charge in [-0.2, -0.15) is 5.26 Å². The van der Waals surface area contributed by atoms with Crippen LogP contribution in [0.15, 0.2) is 60.8 Å². The van der Waals surface area contributed by atoms with Crippen molar-refractivity contribution in [1.29, 1.82) is 5.26 Å². The van der Waals surface area contributed by atoms with Crippen molar-refractivity contribution in [2.24, 2.45) is 0 Å². The molecule has 0 spiro atoms. The third-order valence-corrected chi connectivity index (χ3v) is 5.77. The average molecular weight is 534 g/mol. The van der Waals surface area contributed by atoms with Gasteiger partial charge in [0.1, 0.15) is 36.6 Å². The van der Waals surface area contributed by atoms with Gasteiger partial charge in [0.05, 0.1) is 23.9 Å². The highest BCUT2D eigenvalue weighted by molar-refractivity contribution is 5.95. The molecule has 0 aliphatic rings. The maximum Gasteiger partial charge on any atom is 0.407 e. The van der Waals surface area contributed by atoms with E-state index >= 15 is 0 Å². The Bertz CT molecular complexity index is 1530. The zero-order chi connectivity index (χ0) is 27.9. The van der Waals surface area contributed by atoms with Gasteiger partial charge in [0, 0.05) is 6.20 Å². The molecular formula is C28H25F2N5O4. The summed E-state index contributed by atoms with van der Waals surface area (Å²) in [4.78, 5) is 29.6. The Hall–Kier alpha value is -4.98. The number of ether oxygens (including phenoxy) is 2. The van der Waals surface area contributed by atoms with Gasteiger partial charge >= 0.3 is 6.09 Å². The number of hydrogen-bond acceptors (Lipinski definition) is 6. The van der Waals surface area contributed by atoms with Crippen LogP contribution in [0.1, 0.15) is 32.9 Å². The van der Waals surface area contributed by atoms with Crippen molar-refractivity contribution >= 4 is 17.6 Å². The molecule has 0 fully saturated rings. The summed E-state index contributed by atoms with van der Waals surface area (Å²) in [6, 6.07) is 15.2. The van der Waals surface area contributed by atoms with Crippen LogP contribution in [0.2, 0.25) is 0 Å². The highest BCUT2D eigenvalue weighted by atomic mass is 19.1. The third-order valence-electron chi connectivity index (χ3n) is 5.77. The molecule has 2 amide bonds. The summed E-state index contributed by atoms with van der Waals surface area (Å²) in [7, 11) is 0. The number of amides is 2. The molecule has 0 saturated heterocycles. The molecule has 2 N–H and O–H groups in total. The standard InChI is InChI=1S/C28H25F2N5O4/c1-17-11-24(38-16-21-22(29)9-6-10-23(21)30)26-33-18(2)25(35(26)14-17)27(36)34-20(12-31)13-32-28(37)39-15-19-7-4-3-5-8-19/h3-11,14,20H,13,15-16H2,1-2H3,(H,32,37)(H,34,36). The van der Waals surface area contributed by atoms with Crippen molar-refractivity contribution in [2.75, 3.05) is 6.54 Å². The van der Waals surface area contributed by atoms with E-state index in [9.17, 15) is 23.6 Å². The molecule has 4 aromatic rings. The van der Waals surface area contributed by atoms with E-state index in [0.717, 1.165) is 17.7 Å². The number of pyridine rings is 1. The molecule has 1 atom stereocenters. The third kappa shape index (κ3) is 6.48. The highest BCUT2D eigenvalue weighted by Gasteiger charge is 2.23. The highest BCUT2D eigenvalue weighted by Crippen LogP contribution is 2.26. The molecule has 1 unspecified atom stereocenters. The van der Waals surface area contributed by atoms with Crippen molar-refractivity contribution in [3.8, 4) is 11.8 Å². The average Bonchev–Trinajstić information content (AvgIpc) is 3.25. The lowest BCUT2D eigenvalue weighted by molar-refractivity contribution is 0.0935. The van der Waals surface area contributed by atoms with Crippen LogP contribution in [0.3, 0.4) is 0 Å². The van der Waals surface area contributed by atoms with Crippen LogP contribution in [0.25, 0.3) is 5.65 Å². The lowest BCUT2D eigenvalue weighted by Gasteiger charge is -2.14. The first kappa shape index (κ1) is 27.1. The number of hydrogen-bond donors (Lipinski definition) is 2. The minimum absolute atomic E-state index is 0.0601. The van der Waals surface area contributed by atoms with E-state index < -0.39 is 29.7 Å². The summed E-state index contributed by atoms with van der Waals surface area (Å²) in [6.45, 7) is 2.86. The zero-order valence-electron chi connectivity index (χ0n) is 21.2. The number of nitrogens with zero attached hydrogens (tertiary/aromatic N) is 3. The number of alkyl carbamates (subject to hydrolysis) is 1. The van der Waals surface area contributed by atoms with Gasteiger partial charge in [0.15, 0.2) is 11.4 Å². The number of imidazole rings is 1. The molecular weight excluding hydrogens is 508 g/mol. The Balaban J connectivity index is 1.44. The summed E-state index contributed by atoms with van der Waals surface area (Å²) >= 11 is 0. The number of carbonyl (C=O) groups excluding carboxylic acids is 2. The first-order valence-corrected chi connectivity index (χ1v) is 12.0. The van der Waals surface area contributed by atoms with Gasteiger partial charge in [-0.05, 0) is 43.2 Å². The summed E-state index contributed by atoms with van der Waals surface area (Å²) < 4.78 is 40.4. The second-order valence-corrected chi connectivity index (χ2v) is 8.71. The lowest BCUT2D eigenvalue weighted by Crippen LogP contribution is -2.43. The molecule has 2 heterocycles. The summed E-state index contributed by atoms with van der Waals surface area (Å²) in [5.74, 6) is -1.86. The lowest BCUT2D eigenvalue weighted by atomic mass is 10.2. The van der Waals surface area contributed by atoms with Crippen LogP contribution in [-0.4, -0.2) is 34.0 Å². The topological polar surface area (TPSA) is 118 Å². The number of aromatic nitrogens is 2. The number of aryl methyl sites for hydroxylation is 2. The maximum absolute atomic E-state index is 14.1. The molecule has 2 aromatic carbocycles. The van der Waals surface area contributed by atoms with Crippen LogP contribution in [0.4, 0.5) is 13.6 Å². The molecule has 4 rings (SSSR count). The first-order valence-electron chi connectivity index (χ1n) is 12.0. The van der Waals surface area contributed by atoms with Crippen molar-refractivity contribution in [3.05, 3.63) is 101 Å². The number of nitriles is 1.